The van der Waals surface area contributed by atoms with Gasteiger partial charge in [0.1, 0.15) is 85.9 Å². The van der Waals surface area contributed by atoms with E-state index in [0.29, 0.717) is 18.1 Å². The topological polar surface area (TPSA) is 379 Å². The molecule has 0 aliphatic heterocycles. The third-order valence-corrected chi connectivity index (χ3v) is 26.5. The van der Waals surface area contributed by atoms with Gasteiger partial charge in [0.05, 0.1) is 85.2 Å². The summed E-state index contributed by atoms with van der Waals surface area (Å²) in [5.74, 6) is 3.88. The van der Waals surface area contributed by atoms with Gasteiger partial charge < -0.3 is 53.0 Å². The lowest BCUT2D eigenvalue weighted by Gasteiger charge is -2.01. The van der Waals surface area contributed by atoms with Gasteiger partial charge in [0.25, 0.3) is 5.91 Å². The summed E-state index contributed by atoms with van der Waals surface area (Å²) in [4.78, 5) is 83.5. The average Bonchev–Trinajstić information content (AvgIpc) is 1.84. The maximum Gasteiger partial charge on any atom is 0.267 e. The molecule has 0 saturated heterocycles. The fourth-order valence-electron chi connectivity index (χ4n) is 12.1. The quantitative estimate of drug-likeness (QED) is 0.0329. The fourth-order valence-corrected chi connectivity index (χ4v) is 19.2. The Morgan fingerprint density at radius 3 is 1.12 bits per heavy atom. The molecule has 2 amide bonds. The van der Waals surface area contributed by atoms with E-state index in [0.717, 1.165) is 180 Å². The number of hydrogen-bond acceptors (Lipinski definition) is 31. The second-order valence-electron chi connectivity index (χ2n) is 27.2. The van der Waals surface area contributed by atoms with Crippen molar-refractivity contribution >= 4 is 208 Å². The number of nitrogen functional groups attached to an aromatic ring is 1. The zero-order valence-electron chi connectivity index (χ0n) is 68.8. The van der Waals surface area contributed by atoms with E-state index in [-0.39, 0.29) is 17.3 Å². The summed E-state index contributed by atoms with van der Waals surface area (Å²) in [6, 6.07) is 69.6. The molecule has 14 heterocycles. The van der Waals surface area contributed by atoms with E-state index in [2.05, 4.69) is 113 Å². The number of hydrogen-bond donors (Lipinski definition) is 8. The molecule has 26 nitrogen and oxygen atoms in total. The summed E-state index contributed by atoms with van der Waals surface area (Å²) in [5.41, 5.74) is 31.1. The maximum absolute atomic E-state index is 13.1. The predicted molar refractivity (Wildman–Crippen MR) is 527 cm³/mol. The highest BCUT2D eigenvalue weighted by molar-refractivity contribution is 9.10. The number of rotatable bonds is 16. The van der Waals surface area contributed by atoms with Crippen LogP contribution in [0.3, 0.4) is 0 Å². The first kappa shape index (κ1) is 88.4. The van der Waals surface area contributed by atoms with Gasteiger partial charge in [0.15, 0.2) is 0 Å². The van der Waals surface area contributed by atoms with Gasteiger partial charge in [-0.2, -0.15) is 0 Å². The summed E-state index contributed by atoms with van der Waals surface area (Å²) in [5, 5.41) is 27.8. The number of phenolic OH excluding ortho intramolecular Hbond substituents is 1. The second kappa shape index (κ2) is 41.6. The largest absolute Gasteiger partial charge is 0.508 e. The Kier molecular flexibility index (Phi) is 28.7. The number of halogens is 2. The summed E-state index contributed by atoms with van der Waals surface area (Å²) in [6.45, 7) is 2.53. The van der Waals surface area contributed by atoms with Crippen molar-refractivity contribution in [1.82, 2.24) is 69.8 Å². The number of benzene rings is 7. The molecule has 0 aliphatic carbocycles. The maximum atomic E-state index is 13.1. The van der Waals surface area contributed by atoms with Crippen LogP contribution in [0.4, 0.5) is 33.3 Å². The van der Waals surface area contributed by atoms with Crippen molar-refractivity contribution in [1.29, 1.82) is 0 Å². The molecule has 14 aromatic heterocycles. The van der Waals surface area contributed by atoms with E-state index in [1.807, 2.05) is 224 Å². The molecule has 0 unspecified atom stereocenters. The number of nitrogens with two attached hydrogens (primary N) is 3. The Hall–Kier alpha value is -14.4. The SMILES string of the molecule is CCOc1ccc(-c2nc3ccc(O)cc3s2)cn1.CNc1ccc(-c2nc3ccc(C(N)=O)cc3s2)cn1.CNc1ccc(-c2nc3ccc(F)cc3s2)cn1.CNc1ccc(-c2nc3ccc(N)cc3s2)cn1.CNc1ccc(-c2nc3ccccc3s2)cn1.COc1ccc2nc(-c3ccc(Br)nc3)sc2c1.NC(=O)c1ccc(-c2nc3ccccc3s2)cn1. The Labute approximate surface area is 767 Å². The normalized spacial score (nSPS) is 10.7. The van der Waals surface area contributed by atoms with Gasteiger partial charge in [-0.3, -0.25) is 14.6 Å². The van der Waals surface area contributed by atoms with Crippen LogP contribution in [-0.4, -0.2) is 129 Å². The zero-order chi connectivity index (χ0) is 89.2. The first-order valence-corrected chi connectivity index (χ1v) is 45.5. The van der Waals surface area contributed by atoms with Gasteiger partial charge in [0, 0.05) is 128 Å². The highest BCUT2D eigenvalue weighted by Gasteiger charge is 2.16. The van der Waals surface area contributed by atoms with Crippen LogP contribution in [-0.2, 0) is 0 Å². The molecule has 0 saturated carbocycles. The van der Waals surface area contributed by atoms with Crippen molar-refractivity contribution < 1.29 is 28.6 Å². The van der Waals surface area contributed by atoms with Gasteiger partial charge >= 0.3 is 0 Å². The average molecular weight is 1890 g/mol. The monoisotopic (exact) mass is 1890 g/mol. The van der Waals surface area contributed by atoms with Crippen LogP contribution in [0.5, 0.6) is 17.4 Å². The van der Waals surface area contributed by atoms with Crippen LogP contribution in [0.1, 0.15) is 27.8 Å². The number of nitrogens with one attached hydrogen (secondary N) is 4. The van der Waals surface area contributed by atoms with Crippen LogP contribution < -0.4 is 47.9 Å². The number of anilines is 5. The molecule has 0 radical (unpaired) electrons. The number of thiazole rings is 7. The van der Waals surface area contributed by atoms with Crippen LogP contribution in [0.25, 0.3) is 146 Å². The van der Waals surface area contributed by atoms with Gasteiger partial charge in [-0.05, 0) is 217 Å². The fraction of sp³-hybridized carbons (Fsp3) is 0.0753. The lowest BCUT2D eigenvalue weighted by Crippen LogP contribution is -2.12. The van der Waals surface area contributed by atoms with Crippen molar-refractivity contribution in [2.24, 2.45) is 11.5 Å². The van der Waals surface area contributed by atoms with E-state index >= 15 is 0 Å². The van der Waals surface area contributed by atoms with Gasteiger partial charge in [-0.1, -0.05) is 24.3 Å². The lowest BCUT2D eigenvalue weighted by atomic mass is 10.2. The minimum atomic E-state index is -0.522. The van der Waals surface area contributed by atoms with Crippen molar-refractivity contribution in [3.63, 3.8) is 0 Å². The van der Waals surface area contributed by atoms with Crippen LogP contribution in [0.2, 0.25) is 0 Å². The number of amides is 2. The van der Waals surface area contributed by atoms with E-state index in [4.69, 9.17) is 26.7 Å². The third kappa shape index (κ3) is 22.3. The Morgan fingerprint density at radius 2 is 0.734 bits per heavy atom. The highest BCUT2D eigenvalue weighted by atomic mass is 79.9. The minimum Gasteiger partial charge on any atom is -0.508 e. The van der Waals surface area contributed by atoms with E-state index < -0.39 is 11.8 Å². The zero-order valence-corrected chi connectivity index (χ0v) is 76.1. The molecule has 0 spiro atoms. The molecule has 638 valence electrons. The number of ether oxygens (including phenoxy) is 2. The summed E-state index contributed by atoms with van der Waals surface area (Å²) >= 11 is 14.4. The number of nitrogens with zero attached hydrogens (tertiary/aromatic N) is 14. The van der Waals surface area contributed by atoms with Crippen molar-refractivity contribution in [3.8, 4) is 91.4 Å². The number of methoxy groups -OCH3 is 1. The Morgan fingerprint density at radius 1 is 0.375 bits per heavy atom. The van der Waals surface area contributed by atoms with E-state index in [9.17, 15) is 19.1 Å². The number of carbonyl (C=O) groups excluding carboxylic acids is 2. The molecule has 0 atom stereocenters. The number of primary amides is 2. The molecule has 7 aromatic carbocycles. The number of carbonyl (C=O) groups is 2. The van der Waals surface area contributed by atoms with Crippen molar-refractivity contribution in [3.05, 3.63) is 290 Å². The van der Waals surface area contributed by atoms with Gasteiger partial charge in [-0.15, -0.1) is 79.4 Å². The minimum absolute atomic E-state index is 0.235. The van der Waals surface area contributed by atoms with Crippen molar-refractivity contribution in [2.75, 3.05) is 68.9 Å². The van der Waals surface area contributed by atoms with Crippen LogP contribution >= 0.6 is 95.3 Å². The molecule has 35 heteroatoms. The van der Waals surface area contributed by atoms with E-state index in [1.165, 1.54) is 50.8 Å². The molecule has 0 fully saturated rings. The number of phenols is 1. The number of fused-ring (bicyclic) bond motifs is 7. The lowest BCUT2D eigenvalue weighted by molar-refractivity contribution is 0.0989. The highest BCUT2D eigenvalue weighted by Crippen LogP contribution is 2.39. The first-order valence-electron chi connectivity index (χ1n) is 39.0. The van der Waals surface area contributed by atoms with Gasteiger partial charge in [-0.25, -0.2) is 69.2 Å². The van der Waals surface area contributed by atoms with E-state index in [1.54, 1.807) is 114 Å². The number of pyridine rings is 7. The van der Waals surface area contributed by atoms with Crippen molar-refractivity contribution in [2.45, 2.75) is 6.92 Å². The molecular formula is C93H75BrFN21O5S7. The Balaban J connectivity index is 0.000000115. The number of aromatic hydroxyl groups is 1. The Bertz CT molecular complexity index is 7200. The molecule has 11 N–H and O–H groups in total. The summed E-state index contributed by atoms with van der Waals surface area (Å²) in [6.07, 6.45) is 12.4. The number of aromatic nitrogens is 14. The van der Waals surface area contributed by atoms with Gasteiger partial charge in [0.2, 0.25) is 11.8 Å². The standard InChI is InChI=1S/C14H12N4OS.C14H12N2O2S.C13H9BrN2OS.C13H10FN3S.C13H12N4S.C13H9N3OS.C13H11N3S/c1-16-12-5-3-9(7-17-12)14-18-10-4-2-8(13(15)19)6-11(10)20-14;1-2-18-13-6-3-9(8-15-13)14-16-11-5-4-10(17)7-12(11)19-14;1-17-9-3-4-10-11(6-9)18-13(16-10)8-2-5-12(14)15-7-8;2*1-15-12-5-2-8(7-16-12)13-17-10-4-3-9(14)6-11(10)18-13;14-12(17)10-6-5-8(7-15-10)13-16-9-3-1-2-4-11(9)18-13;1-14-12-7-6-9(8-15-12)13-16-10-4-2-3-5-11(10)17-13/h2-7H,1H3,(H2,15,19)(H,16,17);3-8,17H,2H2,1H3;2-7H,1H3;2-7H,1H3,(H,15,16);2-7H,14H2,1H3,(H,15,16);1-7H,(H2,14,17);2-8H,1H3,(H,14,15). The summed E-state index contributed by atoms with van der Waals surface area (Å²) in [7, 11) is 9.03. The first-order chi connectivity index (χ1) is 62.3. The molecular weight excluding hydrogens is 1810 g/mol. The summed E-state index contributed by atoms with van der Waals surface area (Å²) < 4.78 is 31.8. The van der Waals surface area contributed by atoms with Crippen LogP contribution in [0, 0.1) is 5.82 Å². The molecule has 21 aromatic rings. The van der Waals surface area contributed by atoms with Crippen LogP contribution in [0.15, 0.2) is 272 Å². The number of para-hydroxylation sites is 2. The molecule has 0 aliphatic rings. The smallest absolute Gasteiger partial charge is 0.267 e. The molecule has 21 rings (SSSR count). The predicted octanol–water partition coefficient (Wildman–Crippen LogP) is 22.5. The molecule has 0 bridgehead atoms. The second-order valence-corrected chi connectivity index (χ2v) is 35.2. The third-order valence-electron chi connectivity index (χ3n) is 18.6. The molecule has 128 heavy (non-hydrogen) atoms.